The van der Waals surface area contributed by atoms with Gasteiger partial charge in [-0.1, -0.05) is 18.2 Å². The van der Waals surface area contributed by atoms with Crippen molar-refractivity contribution in [1.29, 1.82) is 0 Å². The summed E-state index contributed by atoms with van der Waals surface area (Å²) < 4.78 is 10.0. The molecule has 1 N–H and O–H groups in total. The average Bonchev–Trinajstić information content (AvgIpc) is 3.27. The van der Waals surface area contributed by atoms with Gasteiger partial charge in [0.05, 0.1) is 30.5 Å². The third kappa shape index (κ3) is 4.15. The summed E-state index contributed by atoms with van der Waals surface area (Å²) in [6.07, 6.45) is 5.13. The minimum Gasteiger partial charge on any atom is -0.494 e. The van der Waals surface area contributed by atoms with Crippen molar-refractivity contribution in [3.63, 3.8) is 0 Å². The first kappa shape index (κ1) is 26.9. The summed E-state index contributed by atoms with van der Waals surface area (Å²) in [5.41, 5.74) is 4.97. The molecule has 1 aromatic carbocycles. The number of hydrogen-bond donors (Lipinski definition) is 1. The maximum atomic E-state index is 14.1. The number of carbonyl (C=O) groups is 2. The SMILES string of the molecule is COc1cc(C(=O)N2CC3CCC2[C@@H]3N(C(=O)O)C(C)(C)C)cn2nc(-c3cc4ccccc4n3CC3CC3)c(C)c12. The molecule has 3 aromatic heterocycles. The zero-order valence-corrected chi connectivity index (χ0v) is 25.0. The highest BCUT2D eigenvalue weighted by molar-refractivity contribution is 5.96. The summed E-state index contributed by atoms with van der Waals surface area (Å²) in [4.78, 5) is 29.8. The van der Waals surface area contributed by atoms with E-state index in [1.807, 2.05) is 37.9 Å². The number of hydrogen-bond acceptors (Lipinski definition) is 4. The van der Waals surface area contributed by atoms with E-state index < -0.39 is 11.6 Å². The van der Waals surface area contributed by atoms with E-state index in [4.69, 9.17) is 9.84 Å². The molecule has 42 heavy (non-hydrogen) atoms. The number of amides is 2. The highest BCUT2D eigenvalue weighted by Gasteiger charge is 2.54. The summed E-state index contributed by atoms with van der Waals surface area (Å²) in [5, 5.41) is 16.3. The van der Waals surface area contributed by atoms with Gasteiger partial charge in [0.1, 0.15) is 17.0 Å². The highest BCUT2D eigenvalue weighted by Crippen LogP contribution is 2.44. The molecular formula is C33H39N5O4. The zero-order valence-electron chi connectivity index (χ0n) is 25.0. The molecule has 220 valence electrons. The van der Waals surface area contributed by atoms with Crippen molar-refractivity contribution in [2.75, 3.05) is 13.7 Å². The smallest absolute Gasteiger partial charge is 0.408 e. The number of aromatic nitrogens is 3. The predicted molar refractivity (Wildman–Crippen MR) is 161 cm³/mol. The Morgan fingerprint density at radius 3 is 2.57 bits per heavy atom. The van der Waals surface area contributed by atoms with Crippen molar-refractivity contribution in [3.05, 3.63) is 53.7 Å². The van der Waals surface area contributed by atoms with Gasteiger partial charge < -0.3 is 19.3 Å². The third-order valence-corrected chi connectivity index (χ3v) is 9.62. The fourth-order valence-electron chi connectivity index (χ4n) is 7.58. The number of nitrogens with zero attached hydrogens (tertiary/aromatic N) is 5. The van der Waals surface area contributed by atoms with E-state index in [0.29, 0.717) is 23.8 Å². The molecule has 3 aliphatic rings. The van der Waals surface area contributed by atoms with E-state index in [-0.39, 0.29) is 23.9 Å². The van der Waals surface area contributed by atoms with E-state index in [0.717, 1.165) is 41.9 Å². The van der Waals surface area contributed by atoms with Gasteiger partial charge in [-0.15, -0.1) is 0 Å². The first-order chi connectivity index (χ1) is 20.1. The van der Waals surface area contributed by atoms with Gasteiger partial charge in [0.25, 0.3) is 5.91 Å². The topological polar surface area (TPSA) is 92.3 Å². The van der Waals surface area contributed by atoms with Gasteiger partial charge in [0.2, 0.25) is 0 Å². The van der Waals surface area contributed by atoms with Crippen molar-refractivity contribution in [2.45, 2.75) is 77.5 Å². The first-order valence-corrected chi connectivity index (χ1v) is 15.1. The van der Waals surface area contributed by atoms with Gasteiger partial charge in [-0.25, -0.2) is 9.31 Å². The van der Waals surface area contributed by atoms with Gasteiger partial charge in [-0.3, -0.25) is 9.69 Å². The number of methoxy groups -OCH3 is 1. The molecule has 4 heterocycles. The van der Waals surface area contributed by atoms with Crippen LogP contribution >= 0.6 is 0 Å². The molecule has 2 saturated carbocycles. The minimum atomic E-state index is -0.930. The lowest BCUT2D eigenvalue weighted by atomic mass is 9.98. The van der Waals surface area contributed by atoms with Crippen LogP contribution in [0.1, 0.15) is 62.4 Å². The molecule has 1 saturated heterocycles. The van der Waals surface area contributed by atoms with E-state index in [1.165, 1.54) is 23.7 Å². The normalized spacial score (nSPS) is 21.9. The van der Waals surface area contributed by atoms with Crippen LogP contribution in [0.15, 0.2) is 42.6 Å². The zero-order chi connectivity index (χ0) is 29.5. The van der Waals surface area contributed by atoms with E-state index in [2.05, 4.69) is 41.8 Å². The number of carboxylic acid groups (broad SMARTS) is 1. The molecule has 3 fully saturated rings. The molecule has 0 radical (unpaired) electrons. The molecule has 2 amide bonds. The molecule has 1 aliphatic heterocycles. The Morgan fingerprint density at radius 2 is 1.88 bits per heavy atom. The standard InChI is InChI=1S/C33H39N5O4/c1-19-28(26-14-21-8-6-7-9-24(21)35(26)16-20-10-11-20)34-37-18-23(15-27(42-5)29(19)37)31(39)36-17-22-12-13-25(36)30(22)38(32(40)41)33(2,3)4/h6-9,14-15,18,20,22,25,30H,10-13,16-17H2,1-5H3,(H,40,41)/t22?,25?,30-/m1/s1. The lowest BCUT2D eigenvalue weighted by Gasteiger charge is -2.40. The molecule has 2 bridgehead atoms. The molecule has 3 atom stereocenters. The largest absolute Gasteiger partial charge is 0.494 e. The maximum Gasteiger partial charge on any atom is 0.408 e. The Kier molecular flexibility index (Phi) is 6.08. The van der Waals surface area contributed by atoms with Gasteiger partial charge in [-0.05, 0) is 83.4 Å². The molecule has 2 aliphatic carbocycles. The molecule has 0 spiro atoms. The lowest BCUT2D eigenvalue weighted by Crippen LogP contribution is -2.55. The number of likely N-dealkylation sites (tertiary alicyclic amines) is 1. The predicted octanol–water partition coefficient (Wildman–Crippen LogP) is 6.06. The average molecular weight is 570 g/mol. The summed E-state index contributed by atoms with van der Waals surface area (Å²) in [7, 11) is 1.63. The Labute approximate surface area is 245 Å². The molecule has 2 unspecified atom stereocenters. The summed E-state index contributed by atoms with van der Waals surface area (Å²) in [6.45, 7) is 9.36. The monoisotopic (exact) mass is 569 g/mol. The van der Waals surface area contributed by atoms with Crippen LogP contribution in [0, 0.1) is 18.8 Å². The van der Waals surface area contributed by atoms with Crippen molar-refractivity contribution in [3.8, 4) is 17.1 Å². The molecule has 9 heteroatoms. The number of ether oxygens (including phenoxy) is 1. The molecule has 7 rings (SSSR count). The molecule has 9 nitrogen and oxygen atoms in total. The second-order valence-electron chi connectivity index (χ2n) is 13.4. The number of piperidine rings is 1. The lowest BCUT2D eigenvalue weighted by molar-refractivity contribution is 0.0503. The number of fused-ring (bicyclic) bond motifs is 4. The van der Waals surface area contributed by atoms with E-state index in [9.17, 15) is 14.7 Å². The van der Waals surface area contributed by atoms with Crippen LogP contribution in [0.2, 0.25) is 0 Å². The number of aryl methyl sites for hydroxylation is 1. The Hall–Kier alpha value is -4.01. The Morgan fingerprint density at radius 1 is 1.12 bits per heavy atom. The maximum absolute atomic E-state index is 14.1. The second kappa shape index (κ2) is 9.51. The van der Waals surface area contributed by atoms with Crippen LogP contribution < -0.4 is 4.74 Å². The number of carbonyl (C=O) groups excluding carboxylic acids is 1. The highest BCUT2D eigenvalue weighted by atomic mass is 16.5. The van der Waals surface area contributed by atoms with Crippen molar-refractivity contribution < 1.29 is 19.4 Å². The van der Waals surface area contributed by atoms with Crippen LogP contribution in [0.3, 0.4) is 0 Å². The summed E-state index contributed by atoms with van der Waals surface area (Å²) >= 11 is 0. The van der Waals surface area contributed by atoms with Gasteiger partial charge in [-0.2, -0.15) is 5.10 Å². The summed E-state index contributed by atoms with van der Waals surface area (Å²) in [6, 6.07) is 12.2. The number of pyridine rings is 1. The third-order valence-electron chi connectivity index (χ3n) is 9.62. The number of para-hydroxylation sites is 1. The van der Waals surface area contributed by atoms with Crippen LogP contribution in [0.5, 0.6) is 5.75 Å². The minimum absolute atomic E-state index is 0.107. The fourth-order valence-corrected chi connectivity index (χ4v) is 7.58. The van der Waals surface area contributed by atoms with Crippen LogP contribution in [0.25, 0.3) is 27.8 Å². The number of rotatable bonds is 6. The van der Waals surface area contributed by atoms with Crippen molar-refractivity contribution in [2.24, 2.45) is 11.8 Å². The Balaban J connectivity index is 1.27. The van der Waals surface area contributed by atoms with Gasteiger partial charge >= 0.3 is 6.09 Å². The van der Waals surface area contributed by atoms with Crippen LogP contribution in [0.4, 0.5) is 4.79 Å². The quantitative estimate of drug-likeness (QED) is 0.305. The fraction of sp³-hybridized carbons (Fsp3) is 0.485. The van der Waals surface area contributed by atoms with Crippen molar-refractivity contribution in [1.82, 2.24) is 24.0 Å². The Bertz CT molecular complexity index is 1730. The van der Waals surface area contributed by atoms with Crippen LogP contribution in [-0.2, 0) is 6.54 Å². The summed E-state index contributed by atoms with van der Waals surface area (Å²) in [5.74, 6) is 1.33. The van der Waals surface area contributed by atoms with Crippen molar-refractivity contribution >= 4 is 28.4 Å². The number of benzene rings is 1. The second-order valence-corrected chi connectivity index (χ2v) is 13.4. The van der Waals surface area contributed by atoms with Gasteiger partial charge in [0.15, 0.2) is 0 Å². The van der Waals surface area contributed by atoms with Gasteiger partial charge in [0, 0.05) is 41.3 Å². The van der Waals surface area contributed by atoms with E-state index >= 15 is 0 Å². The van der Waals surface area contributed by atoms with E-state index in [1.54, 1.807) is 16.5 Å². The first-order valence-electron chi connectivity index (χ1n) is 15.1. The molecular weight excluding hydrogens is 530 g/mol. The molecule has 4 aromatic rings. The van der Waals surface area contributed by atoms with Crippen LogP contribution in [-0.4, -0.2) is 72.4 Å².